The van der Waals surface area contributed by atoms with Gasteiger partial charge in [-0.3, -0.25) is 9.69 Å². The number of amides is 1. The zero-order valence-corrected chi connectivity index (χ0v) is 20.8. The first kappa shape index (κ1) is 22.3. The number of thiazole rings is 1. The molecule has 1 aliphatic rings. The Hall–Kier alpha value is -3.20. The lowest BCUT2D eigenvalue weighted by Gasteiger charge is -2.34. The summed E-state index contributed by atoms with van der Waals surface area (Å²) < 4.78 is 4.35. The fourth-order valence-electron chi connectivity index (χ4n) is 4.39. The number of nitrogens with zero attached hydrogens (tertiary/aromatic N) is 5. The van der Waals surface area contributed by atoms with Gasteiger partial charge in [0.1, 0.15) is 5.65 Å². The van der Waals surface area contributed by atoms with Gasteiger partial charge in [0.15, 0.2) is 4.34 Å². The first-order valence-electron chi connectivity index (χ1n) is 11.7. The monoisotopic (exact) mass is 499 g/mol. The van der Waals surface area contributed by atoms with Crippen molar-refractivity contribution >= 4 is 44.9 Å². The van der Waals surface area contributed by atoms with E-state index in [4.69, 9.17) is 4.98 Å². The number of imidazole rings is 1. The lowest BCUT2D eigenvalue weighted by atomic mass is 10.1. The molecule has 6 nitrogen and oxygen atoms in total. The number of pyridine rings is 1. The number of hydrogen-bond donors (Lipinski definition) is 0. The molecule has 5 aromatic rings. The van der Waals surface area contributed by atoms with Crippen LogP contribution in [0.4, 0.5) is 0 Å². The van der Waals surface area contributed by atoms with Crippen LogP contribution >= 0.6 is 23.1 Å². The molecular formula is C27H25N5OS2. The van der Waals surface area contributed by atoms with Crippen molar-refractivity contribution in [1.29, 1.82) is 0 Å². The topological polar surface area (TPSA) is 53.7 Å². The van der Waals surface area contributed by atoms with Crippen LogP contribution < -0.4 is 0 Å². The highest BCUT2D eigenvalue weighted by Crippen LogP contribution is 2.31. The SMILES string of the molecule is O=C(c1ccc(CSc2nc3ccccc3s2)cc1)N1CCN(Cc2cn3ccccc3n2)CC1. The molecule has 0 spiro atoms. The second kappa shape index (κ2) is 9.81. The summed E-state index contributed by atoms with van der Waals surface area (Å²) in [5, 5.41) is 0. The molecule has 0 N–H and O–H groups in total. The van der Waals surface area contributed by atoms with Crippen LogP contribution in [-0.2, 0) is 12.3 Å². The highest BCUT2D eigenvalue weighted by molar-refractivity contribution is 8.00. The van der Waals surface area contributed by atoms with Crippen LogP contribution in [0.3, 0.4) is 0 Å². The van der Waals surface area contributed by atoms with Crippen molar-refractivity contribution in [3.05, 3.63) is 95.9 Å². The van der Waals surface area contributed by atoms with Crippen molar-refractivity contribution in [3.63, 3.8) is 0 Å². The van der Waals surface area contributed by atoms with Gasteiger partial charge in [-0.1, -0.05) is 42.1 Å². The summed E-state index contributed by atoms with van der Waals surface area (Å²) >= 11 is 3.47. The Bertz CT molecular complexity index is 1400. The molecule has 35 heavy (non-hydrogen) atoms. The zero-order chi connectivity index (χ0) is 23.6. The third-order valence-electron chi connectivity index (χ3n) is 6.30. The van der Waals surface area contributed by atoms with E-state index in [1.54, 1.807) is 23.1 Å². The summed E-state index contributed by atoms with van der Waals surface area (Å²) in [6, 6.07) is 22.3. The van der Waals surface area contributed by atoms with Gasteiger partial charge < -0.3 is 9.30 Å². The third-order valence-corrected chi connectivity index (χ3v) is 8.55. The number of para-hydroxylation sites is 1. The van der Waals surface area contributed by atoms with Gasteiger partial charge in [-0.25, -0.2) is 9.97 Å². The van der Waals surface area contributed by atoms with Crippen LogP contribution in [0.25, 0.3) is 15.9 Å². The van der Waals surface area contributed by atoms with Crippen molar-refractivity contribution in [1.82, 2.24) is 24.2 Å². The van der Waals surface area contributed by atoms with E-state index in [1.165, 1.54) is 10.3 Å². The van der Waals surface area contributed by atoms with E-state index in [1.807, 2.05) is 53.6 Å². The minimum atomic E-state index is 0.114. The largest absolute Gasteiger partial charge is 0.336 e. The maximum Gasteiger partial charge on any atom is 0.253 e. The Balaban J connectivity index is 1.01. The summed E-state index contributed by atoms with van der Waals surface area (Å²) in [7, 11) is 0. The van der Waals surface area contributed by atoms with Crippen LogP contribution in [0.5, 0.6) is 0 Å². The van der Waals surface area contributed by atoms with Gasteiger partial charge in [0.05, 0.1) is 15.9 Å². The number of thioether (sulfide) groups is 1. The molecule has 1 aliphatic heterocycles. The average Bonchev–Trinajstić information content (AvgIpc) is 3.51. The number of benzene rings is 2. The summed E-state index contributed by atoms with van der Waals surface area (Å²) in [6.45, 7) is 4.00. The standard InChI is InChI=1S/C27H25N5OS2/c33-26(31-15-13-30(14-16-31)17-22-18-32-12-4-3-7-25(32)28-22)21-10-8-20(9-11-21)19-34-27-29-23-5-1-2-6-24(23)35-27/h1-12,18H,13-17,19H2. The maximum absolute atomic E-state index is 13.1. The molecule has 1 saturated heterocycles. The maximum atomic E-state index is 13.1. The van der Waals surface area contributed by atoms with E-state index in [9.17, 15) is 4.79 Å². The van der Waals surface area contributed by atoms with Gasteiger partial charge >= 0.3 is 0 Å². The summed E-state index contributed by atoms with van der Waals surface area (Å²) in [5.41, 5.74) is 5.04. The number of hydrogen-bond acceptors (Lipinski definition) is 6. The van der Waals surface area contributed by atoms with Crippen LogP contribution in [0.1, 0.15) is 21.6 Å². The molecular weight excluding hydrogens is 474 g/mol. The quantitative estimate of drug-likeness (QED) is 0.301. The van der Waals surface area contributed by atoms with Crippen LogP contribution in [-0.4, -0.2) is 56.3 Å². The number of carbonyl (C=O) groups excluding carboxylic acids is 1. The number of carbonyl (C=O) groups is 1. The highest BCUT2D eigenvalue weighted by atomic mass is 32.2. The van der Waals surface area contributed by atoms with Gasteiger partial charge in [-0.05, 0) is 42.0 Å². The van der Waals surface area contributed by atoms with Crippen molar-refractivity contribution < 1.29 is 4.79 Å². The molecule has 6 rings (SSSR count). The minimum absolute atomic E-state index is 0.114. The molecule has 2 aromatic carbocycles. The molecule has 0 unspecified atom stereocenters. The average molecular weight is 500 g/mol. The predicted molar refractivity (Wildman–Crippen MR) is 142 cm³/mol. The highest BCUT2D eigenvalue weighted by Gasteiger charge is 2.22. The predicted octanol–water partition coefficient (Wildman–Crippen LogP) is 5.19. The van der Waals surface area contributed by atoms with Crippen LogP contribution in [0.15, 0.2) is 83.5 Å². The molecule has 1 amide bonds. The smallest absolute Gasteiger partial charge is 0.253 e. The first-order chi connectivity index (χ1) is 17.2. The fraction of sp³-hybridized carbons (Fsp3) is 0.222. The molecule has 1 fully saturated rings. The van der Waals surface area contributed by atoms with E-state index in [0.29, 0.717) is 0 Å². The number of aromatic nitrogens is 3. The molecule has 176 valence electrons. The molecule has 0 atom stereocenters. The van der Waals surface area contributed by atoms with E-state index < -0.39 is 0 Å². The molecule has 8 heteroatoms. The Labute approximate surface area is 212 Å². The Kier molecular flexibility index (Phi) is 6.24. The molecule has 0 saturated carbocycles. The van der Waals surface area contributed by atoms with Crippen molar-refractivity contribution in [2.24, 2.45) is 0 Å². The third kappa shape index (κ3) is 4.96. The summed E-state index contributed by atoms with van der Waals surface area (Å²) in [5.74, 6) is 0.957. The van der Waals surface area contributed by atoms with E-state index in [0.717, 1.165) is 65.2 Å². The normalized spacial score (nSPS) is 14.7. The van der Waals surface area contributed by atoms with Gasteiger partial charge in [0, 0.05) is 56.4 Å². The van der Waals surface area contributed by atoms with Crippen LogP contribution in [0, 0.1) is 0 Å². The van der Waals surface area contributed by atoms with Gasteiger partial charge in [-0.2, -0.15) is 0 Å². The molecule has 0 radical (unpaired) electrons. The van der Waals surface area contributed by atoms with Gasteiger partial charge in [0.25, 0.3) is 5.91 Å². The van der Waals surface area contributed by atoms with Crippen molar-refractivity contribution in [2.45, 2.75) is 16.6 Å². The van der Waals surface area contributed by atoms with E-state index >= 15 is 0 Å². The van der Waals surface area contributed by atoms with Gasteiger partial charge in [0.2, 0.25) is 0 Å². The molecule has 4 heterocycles. The van der Waals surface area contributed by atoms with E-state index in [-0.39, 0.29) is 5.91 Å². The lowest BCUT2D eigenvalue weighted by molar-refractivity contribution is 0.0627. The van der Waals surface area contributed by atoms with Crippen LogP contribution in [0.2, 0.25) is 0 Å². The number of piperazine rings is 1. The van der Waals surface area contributed by atoms with Gasteiger partial charge in [-0.15, -0.1) is 11.3 Å². The van der Waals surface area contributed by atoms with Crippen molar-refractivity contribution in [2.75, 3.05) is 26.2 Å². The first-order valence-corrected chi connectivity index (χ1v) is 13.5. The molecule has 0 aliphatic carbocycles. The number of fused-ring (bicyclic) bond motifs is 2. The Morgan fingerprint density at radius 1 is 0.914 bits per heavy atom. The zero-order valence-electron chi connectivity index (χ0n) is 19.2. The summed E-state index contributed by atoms with van der Waals surface area (Å²) in [4.78, 5) is 26.8. The van der Waals surface area contributed by atoms with Crippen molar-refractivity contribution in [3.8, 4) is 0 Å². The van der Waals surface area contributed by atoms with E-state index in [2.05, 4.69) is 44.7 Å². The molecule has 0 bridgehead atoms. The Morgan fingerprint density at radius 2 is 1.71 bits per heavy atom. The fourth-order valence-corrected chi connectivity index (χ4v) is 6.41. The lowest BCUT2D eigenvalue weighted by Crippen LogP contribution is -2.48. The number of rotatable bonds is 6. The Morgan fingerprint density at radius 3 is 2.51 bits per heavy atom. The second-order valence-corrected chi connectivity index (χ2v) is 11.0. The second-order valence-electron chi connectivity index (χ2n) is 8.70. The molecule has 3 aromatic heterocycles. The minimum Gasteiger partial charge on any atom is -0.336 e. The summed E-state index contributed by atoms with van der Waals surface area (Å²) in [6.07, 6.45) is 4.11.